The number of halogens is 2. The number of fused-ring (bicyclic) bond motifs is 4. The number of benzene rings is 4. The number of aliphatic hydroxyl groups is 2. The first-order chi connectivity index (χ1) is 18.4. The summed E-state index contributed by atoms with van der Waals surface area (Å²) in [5.74, 6) is 3.37. The van der Waals surface area contributed by atoms with Gasteiger partial charge in [-0.25, -0.2) is 8.78 Å². The summed E-state index contributed by atoms with van der Waals surface area (Å²) >= 11 is 2.86. The van der Waals surface area contributed by atoms with Gasteiger partial charge in [0, 0.05) is 43.6 Å². The highest BCUT2D eigenvalue weighted by molar-refractivity contribution is 7.98. The second kappa shape index (κ2) is 11.3. The van der Waals surface area contributed by atoms with Crippen LogP contribution in [0.25, 0.3) is 0 Å². The fourth-order valence-electron chi connectivity index (χ4n) is 5.04. The Morgan fingerprint density at radius 3 is 1.82 bits per heavy atom. The van der Waals surface area contributed by atoms with Crippen LogP contribution in [0.5, 0.6) is 0 Å². The van der Waals surface area contributed by atoms with E-state index in [1.165, 1.54) is 35.7 Å². The minimum absolute atomic E-state index is 0.243. The van der Waals surface area contributed by atoms with Gasteiger partial charge in [0.05, 0.1) is 0 Å². The number of aryl methyl sites for hydroxylation is 1. The second-order valence-corrected chi connectivity index (χ2v) is 11.0. The predicted octanol–water partition coefficient (Wildman–Crippen LogP) is 7.57. The van der Waals surface area contributed by atoms with Gasteiger partial charge < -0.3 is 10.2 Å². The lowest BCUT2D eigenvalue weighted by atomic mass is 9.92. The Labute approximate surface area is 230 Å². The molecule has 0 aromatic heterocycles. The first-order valence-electron chi connectivity index (χ1n) is 12.3. The predicted molar refractivity (Wildman–Crippen MR) is 150 cm³/mol. The minimum atomic E-state index is -0.872. The number of hydrogen-bond donors (Lipinski definition) is 2. The smallest absolute Gasteiger partial charge is 0.137 e. The Morgan fingerprint density at radius 1 is 0.763 bits per heavy atom. The van der Waals surface area contributed by atoms with Gasteiger partial charge in [0.2, 0.25) is 0 Å². The van der Waals surface area contributed by atoms with Gasteiger partial charge in [0.15, 0.2) is 0 Å². The van der Waals surface area contributed by atoms with E-state index in [-0.39, 0.29) is 11.6 Å². The van der Waals surface area contributed by atoms with E-state index in [0.29, 0.717) is 38.0 Å². The van der Waals surface area contributed by atoms with Crippen molar-refractivity contribution in [2.75, 3.05) is 0 Å². The third-order valence-electron chi connectivity index (χ3n) is 6.89. The quantitative estimate of drug-likeness (QED) is 0.243. The lowest BCUT2D eigenvalue weighted by Crippen LogP contribution is -2.06. The molecule has 2 unspecified atom stereocenters. The van der Waals surface area contributed by atoms with E-state index in [1.807, 2.05) is 36.4 Å². The molecule has 2 N–H and O–H groups in total. The van der Waals surface area contributed by atoms with Crippen LogP contribution in [0, 0.1) is 24.0 Å². The van der Waals surface area contributed by atoms with Crippen molar-refractivity contribution in [1.29, 1.82) is 0 Å². The van der Waals surface area contributed by atoms with Crippen molar-refractivity contribution in [2.45, 2.75) is 46.8 Å². The maximum absolute atomic E-state index is 13.9. The summed E-state index contributed by atoms with van der Waals surface area (Å²) in [6.45, 7) is 2.08. The molecule has 2 aliphatic rings. The van der Waals surface area contributed by atoms with Crippen LogP contribution in [0.1, 0.15) is 63.6 Å². The molecule has 4 aromatic carbocycles. The average molecular weight is 545 g/mol. The molecule has 2 aliphatic heterocycles. The average Bonchev–Trinajstić information content (AvgIpc) is 3.18. The zero-order valence-electron chi connectivity index (χ0n) is 20.7. The van der Waals surface area contributed by atoms with Crippen molar-refractivity contribution in [3.63, 3.8) is 0 Å². The lowest BCUT2D eigenvalue weighted by molar-refractivity contribution is 0.215. The van der Waals surface area contributed by atoms with E-state index in [4.69, 9.17) is 6.42 Å². The minimum Gasteiger partial charge on any atom is -0.384 e. The largest absolute Gasteiger partial charge is 0.384 e. The van der Waals surface area contributed by atoms with Crippen LogP contribution in [0.3, 0.4) is 0 Å². The second-order valence-electron chi connectivity index (χ2n) is 9.06. The molecule has 0 radical (unpaired) electrons. The maximum atomic E-state index is 13.9. The third-order valence-corrected chi connectivity index (χ3v) is 9.24. The molecule has 0 fully saturated rings. The van der Waals surface area contributed by atoms with Crippen molar-refractivity contribution in [3.05, 3.63) is 129 Å². The molecule has 0 saturated carbocycles. The van der Waals surface area contributed by atoms with Gasteiger partial charge in [0.1, 0.15) is 23.8 Å². The number of terminal acetylenes is 1. The first kappa shape index (κ1) is 26.5. The fourth-order valence-corrected chi connectivity index (χ4v) is 7.24. The number of hydrogen-bond acceptors (Lipinski definition) is 4. The molecular weight excluding hydrogens is 518 g/mol. The molecule has 2 heterocycles. The number of aliphatic hydroxyl groups excluding tert-OH is 2. The monoisotopic (exact) mass is 544 g/mol. The zero-order chi connectivity index (χ0) is 26.8. The van der Waals surface area contributed by atoms with Crippen molar-refractivity contribution in [2.24, 2.45) is 0 Å². The Morgan fingerprint density at radius 2 is 1.26 bits per heavy atom. The van der Waals surface area contributed by atoms with Gasteiger partial charge in [-0.1, -0.05) is 67.4 Å². The van der Waals surface area contributed by atoms with Crippen molar-refractivity contribution < 1.29 is 19.0 Å². The van der Waals surface area contributed by atoms with E-state index in [0.717, 1.165) is 34.2 Å². The Hall–Kier alpha value is -3.08. The topological polar surface area (TPSA) is 40.5 Å². The molecule has 0 saturated heterocycles. The molecule has 0 aliphatic carbocycles. The molecule has 2 atom stereocenters. The molecule has 6 rings (SSSR count). The van der Waals surface area contributed by atoms with E-state index < -0.39 is 12.2 Å². The van der Waals surface area contributed by atoms with Gasteiger partial charge in [-0.2, -0.15) is 0 Å². The van der Waals surface area contributed by atoms with Crippen molar-refractivity contribution in [3.8, 4) is 12.3 Å². The van der Waals surface area contributed by atoms with Crippen LogP contribution >= 0.6 is 23.5 Å². The van der Waals surface area contributed by atoms with E-state index in [2.05, 4.69) is 12.8 Å². The number of thioether (sulfide) groups is 2. The standard InChI is InChI=1S/C16H15FOS.C16H11FOS/c2*1-2-10-5-3-6-11-9-19-16-12(15(18)14(10)11)7-4-8-13(16)17/h3-8,15,18H,2,9H2,1H3;1,3-8,15,18H,9H2. The van der Waals surface area contributed by atoms with Gasteiger partial charge in [-0.05, 0) is 46.9 Å². The molecule has 2 nitrogen and oxygen atoms in total. The summed E-state index contributed by atoms with van der Waals surface area (Å²) in [6, 6.07) is 21.4. The normalized spacial score (nSPS) is 17.3. The van der Waals surface area contributed by atoms with Crippen molar-refractivity contribution in [1.82, 2.24) is 0 Å². The van der Waals surface area contributed by atoms with E-state index in [9.17, 15) is 19.0 Å². The fraction of sp³-hybridized carbons (Fsp3) is 0.188. The van der Waals surface area contributed by atoms with Crippen LogP contribution in [0.2, 0.25) is 0 Å². The molecule has 6 heteroatoms. The molecule has 0 bridgehead atoms. The highest BCUT2D eigenvalue weighted by Crippen LogP contribution is 2.43. The van der Waals surface area contributed by atoms with E-state index >= 15 is 0 Å². The molecule has 4 aromatic rings. The van der Waals surface area contributed by atoms with Gasteiger partial charge >= 0.3 is 0 Å². The Bertz CT molecular complexity index is 1540. The summed E-state index contributed by atoms with van der Waals surface area (Å²) in [5, 5.41) is 21.2. The van der Waals surface area contributed by atoms with Crippen molar-refractivity contribution >= 4 is 23.5 Å². The van der Waals surface area contributed by atoms with Crippen LogP contribution in [0.15, 0.2) is 82.6 Å². The van der Waals surface area contributed by atoms with Crippen LogP contribution in [-0.2, 0) is 17.9 Å². The lowest BCUT2D eigenvalue weighted by Gasteiger charge is -2.17. The summed E-state index contributed by atoms with van der Waals surface area (Å²) in [7, 11) is 0. The number of rotatable bonds is 1. The van der Waals surface area contributed by atoms with Gasteiger partial charge in [-0.3, -0.25) is 0 Å². The summed E-state index contributed by atoms with van der Waals surface area (Å²) in [6.07, 6.45) is 4.76. The first-order valence-corrected chi connectivity index (χ1v) is 14.3. The zero-order valence-corrected chi connectivity index (χ0v) is 22.4. The SMILES string of the molecule is C#Cc1cccc2c1C(O)c1cccc(F)c1SC2.CCc1cccc2c1C(O)c1cccc(F)c1SC2. The third kappa shape index (κ3) is 4.88. The molecule has 0 amide bonds. The summed E-state index contributed by atoms with van der Waals surface area (Å²) in [4.78, 5) is 1.09. The summed E-state index contributed by atoms with van der Waals surface area (Å²) < 4.78 is 27.8. The summed E-state index contributed by atoms with van der Waals surface area (Å²) in [5.41, 5.74) is 6.83. The van der Waals surface area contributed by atoms with E-state index in [1.54, 1.807) is 24.3 Å². The molecule has 192 valence electrons. The highest BCUT2D eigenvalue weighted by atomic mass is 32.2. The Balaban J connectivity index is 0.000000155. The highest BCUT2D eigenvalue weighted by Gasteiger charge is 2.27. The van der Waals surface area contributed by atoms with Gasteiger partial charge in [-0.15, -0.1) is 29.9 Å². The van der Waals surface area contributed by atoms with Gasteiger partial charge in [0.25, 0.3) is 0 Å². The molecular formula is C32H26F2O2S2. The Kier molecular flexibility index (Phi) is 7.92. The van der Waals surface area contributed by atoms with Crippen LogP contribution in [0.4, 0.5) is 8.78 Å². The van der Waals surface area contributed by atoms with Crippen LogP contribution < -0.4 is 0 Å². The van der Waals surface area contributed by atoms with Crippen LogP contribution in [-0.4, -0.2) is 10.2 Å². The maximum Gasteiger partial charge on any atom is 0.137 e. The molecule has 0 spiro atoms. The molecule has 38 heavy (non-hydrogen) atoms.